The number of fused-ring (bicyclic) bond motifs is 1. The largest absolute Gasteiger partial charge is 0.458 e. The van der Waals surface area contributed by atoms with Crippen molar-refractivity contribution < 1.29 is 19.1 Å². The van der Waals surface area contributed by atoms with E-state index in [9.17, 15) is 9.59 Å². The average Bonchev–Trinajstić information content (AvgIpc) is 2.61. The second kappa shape index (κ2) is 7.66. The zero-order chi connectivity index (χ0) is 18.7. The number of hydrogen-bond donors (Lipinski definition) is 0. The summed E-state index contributed by atoms with van der Waals surface area (Å²) in [6.45, 7) is 3.49. The van der Waals surface area contributed by atoms with Crippen LogP contribution in [0.15, 0.2) is 59.1 Å². The zero-order valence-electron chi connectivity index (χ0n) is 14.2. The average molecular weight is 414 g/mol. The van der Waals surface area contributed by atoms with E-state index < -0.39 is 11.9 Å². The van der Waals surface area contributed by atoms with Gasteiger partial charge in [0.05, 0.1) is 6.10 Å². The summed E-state index contributed by atoms with van der Waals surface area (Å²) in [5, 5.41) is 1.97. The van der Waals surface area contributed by atoms with Crippen LogP contribution in [0.2, 0.25) is 0 Å². The van der Waals surface area contributed by atoms with Gasteiger partial charge in [0.15, 0.2) is 0 Å². The number of aromatic nitrogens is 1. The highest BCUT2D eigenvalue weighted by molar-refractivity contribution is 9.10. The number of halogens is 1. The molecule has 0 aliphatic heterocycles. The maximum Gasteiger partial charge on any atom is 0.362 e. The van der Waals surface area contributed by atoms with Crippen LogP contribution in [0.1, 0.15) is 34.8 Å². The third-order valence-electron chi connectivity index (χ3n) is 3.49. The molecule has 0 aliphatic rings. The molecule has 1 heterocycles. The Bertz CT molecular complexity index is 984. The van der Waals surface area contributed by atoms with Crippen molar-refractivity contribution in [3.05, 3.63) is 70.5 Å². The van der Waals surface area contributed by atoms with Crippen molar-refractivity contribution in [2.45, 2.75) is 20.0 Å². The molecule has 0 saturated heterocycles. The minimum atomic E-state index is -0.638. The van der Waals surface area contributed by atoms with Gasteiger partial charge in [-0.3, -0.25) is 0 Å². The number of benzene rings is 2. The summed E-state index contributed by atoms with van der Waals surface area (Å²) < 4.78 is 11.5. The van der Waals surface area contributed by atoms with Crippen molar-refractivity contribution in [1.29, 1.82) is 0 Å². The fourth-order valence-corrected chi connectivity index (χ4v) is 2.73. The van der Waals surface area contributed by atoms with E-state index in [0.29, 0.717) is 5.75 Å². The van der Waals surface area contributed by atoms with Crippen LogP contribution in [0.25, 0.3) is 10.8 Å². The molecule has 6 heteroatoms. The van der Waals surface area contributed by atoms with E-state index in [1.165, 1.54) is 12.1 Å². The van der Waals surface area contributed by atoms with Crippen LogP contribution in [0.4, 0.5) is 0 Å². The standard InChI is InChI=1S/C20H16BrNO4/c1-12(2)25-19(23)17-4-3-5-18(22-17)20(24)26-16-9-7-13-10-15(21)8-6-14(13)11-16/h3-12H,1-2H3. The Kier molecular flexibility index (Phi) is 5.32. The van der Waals surface area contributed by atoms with Crippen LogP contribution in [-0.4, -0.2) is 23.0 Å². The highest BCUT2D eigenvalue weighted by Crippen LogP contribution is 2.24. The molecule has 1 aromatic heterocycles. The van der Waals surface area contributed by atoms with Crippen molar-refractivity contribution in [3.63, 3.8) is 0 Å². The van der Waals surface area contributed by atoms with Crippen LogP contribution < -0.4 is 4.74 Å². The lowest BCUT2D eigenvalue weighted by Gasteiger charge is -2.08. The molecular weight excluding hydrogens is 398 g/mol. The molecule has 5 nitrogen and oxygen atoms in total. The SMILES string of the molecule is CC(C)OC(=O)c1cccc(C(=O)Oc2ccc3cc(Br)ccc3c2)n1. The van der Waals surface area contributed by atoms with E-state index in [2.05, 4.69) is 20.9 Å². The molecule has 132 valence electrons. The normalized spacial score (nSPS) is 10.8. The summed E-state index contributed by atoms with van der Waals surface area (Å²) in [7, 11) is 0. The van der Waals surface area contributed by atoms with Gasteiger partial charge in [-0.05, 0) is 61.0 Å². The Morgan fingerprint density at radius 3 is 2.31 bits per heavy atom. The van der Waals surface area contributed by atoms with Crippen LogP contribution in [0.3, 0.4) is 0 Å². The molecule has 0 bridgehead atoms. The van der Waals surface area contributed by atoms with Gasteiger partial charge in [0.1, 0.15) is 17.1 Å². The number of rotatable bonds is 4. The van der Waals surface area contributed by atoms with Crippen LogP contribution in [0.5, 0.6) is 5.75 Å². The van der Waals surface area contributed by atoms with Gasteiger partial charge >= 0.3 is 11.9 Å². The number of carbonyl (C=O) groups is 2. The summed E-state index contributed by atoms with van der Waals surface area (Å²) in [6.07, 6.45) is -0.266. The molecule has 0 radical (unpaired) electrons. The second-order valence-corrected chi connectivity index (χ2v) is 6.82. The Hall–Kier alpha value is -2.73. The van der Waals surface area contributed by atoms with Crippen molar-refractivity contribution in [1.82, 2.24) is 4.98 Å². The second-order valence-electron chi connectivity index (χ2n) is 5.90. The molecule has 0 aliphatic carbocycles. The van der Waals surface area contributed by atoms with Gasteiger partial charge < -0.3 is 9.47 Å². The predicted octanol–water partition coefficient (Wildman–Crippen LogP) is 4.78. The first-order valence-corrected chi connectivity index (χ1v) is 8.81. The summed E-state index contributed by atoms with van der Waals surface area (Å²) in [5.41, 5.74) is 0.107. The van der Waals surface area contributed by atoms with Gasteiger partial charge in [-0.2, -0.15) is 0 Å². The van der Waals surface area contributed by atoms with Gasteiger partial charge in [0, 0.05) is 4.47 Å². The lowest BCUT2D eigenvalue weighted by molar-refractivity contribution is 0.0370. The minimum Gasteiger partial charge on any atom is -0.458 e. The Morgan fingerprint density at radius 1 is 0.923 bits per heavy atom. The number of nitrogens with zero attached hydrogens (tertiary/aromatic N) is 1. The van der Waals surface area contributed by atoms with Gasteiger partial charge in [0.2, 0.25) is 0 Å². The molecule has 2 aromatic carbocycles. The third kappa shape index (κ3) is 4.26. The van der Waals surface area contributed by atoms with Crippen molar-refractivity contribution in [2.75, 3.05) is 0 Å². The highest BCUT2D eigenvalue weighted by Gasteiger charge is 2.16. The first-order chi connectivity index (χ1) is 12.4. The maximum atomic E-state index is 12.4. The number of ether oxygens (including phenoxy) is 2. The summed E-state index contributed by atoms with van der Waals surface area (Å²) in [4.78, 5) is 28.3. The molecule has 0 N–H and O–H groups in total. The van der Waals surface area contributed by atoms with Gasteiger partial charge in [-0.1, -0.05) is 34.1 Å². The predicted molar refractivity (Wildman–Crippen MR) is 101 cm³/mol. The first kappa shape index (κ1) is 18.1. The monoisotopic (exact) mass is 413 g/mol. The van der Waals surface area contributed by atoms with E-state index in [4.69, 9.17) is 9.47 Å². The molecule has 0 atom stereocenters. The van der Waals surface area contributed by atoms with E-state index in [1.54, 1.807) is 32.0 Å². The quantitative estimate of drug-likeness (QED) is 0.454. The van der Waals surface area contributed by atoms with Crippen molar-refractivity contribution >= 4 is 38.6 Å². The highest BCUT2D eigenvalue weighted by atomic mass is 79.9. The smallest absolute Gasteiger partial charge is 0.362 e. The summed E-state index contributed by atoms with van der Waals surface area (Å²) >= 11 is 3.42. The zero-order valence-corrected chi connectivity index (χ0v) is 15.8. The summed E-state index contributed by atoms with van der Waals surface area (Å²) in [6, 6.07) is 15.7. The number of esters is 2. The van der Waals surface area contributed by atoms with Crippen LogP contribution in [0, 0.1) is 0 Å². The lowest BCUT2D eigenvalue weighted by Crippen LogP contribution is -2.16. The Morgan fingerprint density at radius 2 is 1.58 bits per heavy atom. The van der Waals surface area contributed by atoms with E-state index in [1.807, 2.05) is 24.3 Å². The van der Waals surface area contributed by atoms with Crippen LogP contribution >= 0.6 is 15.9 Å². The van der Waals surface area contributed by atoms with Gasteiger partial charge in [-0.25, -0.2) is 14.6 Å². The maximum absolute atomic E-state index is 12.4. The van der Waals surface area contributed by atoms with E-state index in [0.717, 1.165) is 15.2 Å². The van der Waals surface area contributed by atoms with Crippen molar-refractivity contribution in [2.24, 2.45) is 0 Å². The van der Waals surface area contributed by atoms with Gasteiger partial charge in [-0.15, -0.1) is 0 Å². The minimum absolute atomic E-state index is 0.0408. The molecule has 0 unspecified atom stereocenters. The fraction of sp³-hybridized carbons (Fsp3) is 0.150. The molecule has 0 amide bonds. The lowest BCUT2D eigenvalue weighted by atomic mass is 10.1. The van der Waals surface area contributed by atoms with E-state index in [-0.39, 0.29) is 17.5 Å². The Balaban J connectivity index is 1.79. The molecule has 26 heavy (non-hydrogen) atoms. The molecular formula is C20H16BrNO4. The first-order valence-electron chi connectivity index (χ1n) is 8.02. The number of pyridine rings is 1. The molecule has 0 spiro atoms. The number of hydrogen-bond acceptors (Lipinski definition) is 5. The van der Waals surface area contributed by atoms with E-state index >= 15 is 0 Å². The fourth-order valence-electron chi connectivity index (χ4n) is 2.35. The van der Waals surface area contributed by atoms with Crippen LogP contribution in [-0.2, 0) is 4.74 Å². The molecule has 0 saturated carbocycles. The van der Waals surface area contributed by atoms with Crippen molar-refractivity contribution in [3.8, 4) is 5.75 Å². The molecule has 3 rings (SSSR count). The number of carbonyl (C=O) groups excluding carboxylic acids is 2. The Labute approximate surface area is 159 Å². The van der Waals surface area contributed by atoms with Gasteiger partial charge in [0.25, 0.3) is 0 Å². The summed E-state index contributed by atoms with van der Waals surface area (Å²) in [5.74, 6) is -0.812. The molecule has 3 aromatic rings. The third-order valence-corrected chi connectivity index (χ3v) is 3.99. The molecule has 0 fully saturated rings. The topological polar surface area (TPSA) is 65.5 Å².